The second-order valence-electron chi connectivity index (χ2n) is 7.48. The molecule has 30 heavy (non-hydrogen) atoms. The molecule has 0 radical (unpaired) electrons. The molecule has 1 heterocycles. The molecular weight excluding hydrogens is 384 g/mol. The molecule has 0 aliphatic carbocycles. The normalized spacial score (nSPS) is 11.4. The molecule has 162 valence electrons. The van der Waals surface area contributed by atoms with Crippen LogP contribution >= 0.6 is 0 Å². The Morgan fingerprint density at radius 1 is 1.17 bits per heavy atom. The van der Waals surface area contributed by atoms with E-state index >= 15 is 0 Å². The van der Waals surface area contributed by atoms with Crippen molar-refractivity contribution in [2.24, 2.45) is 0 Å². The lowest BCUT2D eigenvalue weighted by Crippen LogP contribution is -2.14. The lowest BCUT2D eigenvalue weighted by atomic mass is 10.1. The van der Waals surface area contributed by atoms with E-state index < -0.39 is 10.5 Å². The van der Waals surface area contributed by atoms with E-state index in [4.69, 9.17) is 9.47 Å². The van der Waals surface area contributed by atoms with Crippen LogP contribution in [0.5, 0.6) is 11.5 Å². The number of nitrogens with zero attached hydrogens (tertiary/aromatic N) is 1. The molecule has 0 aliphatic heterocycles. The lowest BCUT2D eigenvalue weighted by Gasteiger charge is -2.14. The Morgan fingerprint density at radius 3 is 2.60 bits per heavy atom. The molecule has 0 bridgehead atoms. The maximum Gasteiger partial charge on any atom is 0.294 e. The molecule has 0 amide bonds. The molecule has 0 saturated heterocycles. The highest BCUT2D eigenvalue weighted by Gasteiger charge is 2.18. The maximum absolute atomic E-state index is 12.6. The van der Waals surface area contributed by atoms with Gasteiger partial charge in [0, 0.05) is 17.5 Å². The minimum absolute atomic E-state index is 0.0961. The van der Waals surface area contributed by atoms with Crippen LogP contribution in [-0.4, -0.2) is 23.1 Å². The van der Waals surface area contributed by atoms with Crippen molar-refractivity contribution in [2.75, 3.05) is 13.2 Å². The van der Waals surface area contributed by atoms with Crippen molar-refractivity contribution in [1.82, 2.24) is 4.98 Å². The van der Waals surface area contributed by atoms with Gasteiger partial charge in [-0.3, -0.25) is 14.9 Å². The first-order valence-corrected chi connectivity index (χ1v) is 10.2. The van der Waals surface area contributed by atoms with Crippen LogP contribution in [0, 0.1) is 10.1 Å². The second-order valence-corrected chi connectivity index (χ2v) is 7.48. The van der Waals surface area contributed by atoms with E-state index in [9.17, 15) is 14.9 Å². The Hall–Kier alpha value is -3.09. The van der Waals surface area contributed by atoms with Gasteiger partial charge in [0.1, 0.15) is 6.61 Å². The highest BCUT2D eigenvalue weighted by Crippen LogP contribution is 2.33. The zero-order valence-electron chi connectivity index (χ0n) is 18.1. The fraction of sp³-hybridized carbons (Fsp3) is 0.435. The summed E-state index contributed by atoms with van der Waals surface area (Å²) in [6.07, 6.45) is 7.79. The van der Waals surface area contributed by atoms with Gasteiger partial charge in [0.05, 0.1) is 17.0 Å². The van der Waals surface area contributed by atoms with E-state index in [1.54, 1.807) is 6.07 Å². The molecule has 0 aliphatic rings. The Morgan fingerprint density at radius 2 is 1.93 bits per heavy atom. The predicted octanol–water partition coefficient (Wildman–Crippen LogP) is 5.69. The van der Waals surface area contributed by atoms with Gasteiger partial charge in [0.25, 0.3) is 11.2 Å². The number of non-ortho nitro benzene ring substituents is 1. The molecule has 1 N–H and O–H groups in total. The highest BCUT2D eigenvalue weighted by atomic mass is 16.6. The fourth-order valence-electron chi connectivity index (χ4n) is 2.90. The minimum atomic E-state index is -0.497. The van der Waals surface area contributed by atoms with E-state index in [-0.39, 0.29) is 18.0 Å². The molecule has 7 nitrogen and oxygen atoms in total. The Labute approximate surface area is 176 Å². The van der Waals surface area contributed by atoms with Crippen LogP contribution in [0.1, 0.15) is 53.4 Å². The highest BCUT2D eigenvalue weighted by molar-refractivity contribution is 5.88. The first kappa shape index (κ1) is 23.2. The van der Waals surface area contributed by atoms with E-state index in [1.165, 1.54) is 23.3 Å². The van der Waals surface area contributed by atoms with Crippen LogP contribution in [-0.2, 0) is 0 Å². The third-order valence-corrected chi connectivity index (χ3v) is 4.61. The summed E-state index contributed by atoms with van der Waals surface area (Å²) in [5, 5.41) is 11.6. The molecular formula is C23H30N2O5. The van der Waals surface area contributed by atoms with Gasteiger partial charge in [-0.2, -0.15) is 0 Å². The summed E-state index contributed by atoms with van der Waals surface area (Å²) in [6, 6.07) is 4.31. The monoisotopic (exact) mass is 414 g/mol. The third-order valence-electron chi connectivity index (χ3n) is 4.61. The molecule has 0 unspecified atom stereocenters. The number of unbranched alkanes of at least 4 members (excludes halogenated alkanes) is 1. The molecule has 0 fully saturated rings. The number of benzene rings is 1. The maximum atomic E-state index is 12.6. The number of allylic oxidation sites excluding steroid dienone is 3. The summed E-state index contributed by atoms with van der Waals surface area (Å²) < 4.78 is 11.7. The molecule has 2 rings (SSSR count). The van der Waals surface area contributed by atoms with Crippen LogP contribution in [0.15, 0.2) is 46.3 Å². The van der Waals surface area contributed by atoms with E-state index in [0.717, 1.165) is 25.7 Å². The molecule has 2 aromatic rings. The number of aromatic nitrogens is 1. The zero-order valence-corrected chi connectivity index (χ0v) is 18.1. The predicted molar refractivity (Wildman–Crippen MR) is 120 cm³/mol. The SMILES string of the molecule is CCCCOc1c(OC/C=C(\C)CCC=C(C)C)c(=O)[nH]c2cc([N+](=O)[O-])ccc12. The number of nitrogens with one attached hydrogen (secondary N) is 1. The summed E-state index contributed by atoms with van der Waals surface area (Å²) in [6.45, 7) is 8.89. The fourth-order valence-corrected chi connectivity index (χ4v) is 2.90. The molecule has 0 saturated carbocycles. The van der Waals surface area contributed by atoms with Crippen LogP contribution < -0.4 is 15.0 Å². The quantitative estimate of drug-likeness (QED) is 0.221. The lowest BCUT2D eigenvalue weighted by molar-refractivity contribution is -0.384. The molecule has 0 spiro atoms. The molecule has 1 aromatic carbocycles. The van der Waals surface area contributed by atoms with Gasteiger partial charge in [0.15, 0.2) is 5.75 Å². The number of nitro benzene ring substituents is 1. The van der Waals surface area contributed by atoms with Crippen molar-refractivity contribution in [3.8, 4) is 11.5 Å². The first-order chi connectivity index (χ1) is 14.3. The largest absolute Gasteiger partial charge is 0.489 e. The summed E-state index contributed by atoms with van der Waals surface area (Å²) >= 11 is 0. The van der Waals surface area contributed by atoms with Gasteiger partial charge >= 0.3 is 0 Å². The average Bonchev–Trinajstić information content (AvgIpc) is 2.68. The van der Waals surface area contributed by atoms with Gasteiger partial charge in [0.2, 0.25) is 5.75 Å². The van der Waals surface area contributed by atoms with E-state index in [0.29, 0.717) is 23.3 Å². The summed E-state index contributed by atoms with van der Waals surface area (Å²) in [5.41, 5.74) is 2.25. The summed E-state index contributed by atoms with van der Waals surface area (Å²) in [4.78, 5) is 25.9. The van der Waals surface area contributed by atoms with Crippen molar-refractivity contribution >= 4 is 16.6 Å². The van der Waals surface area contributed by atoms with Gasteiger partial charge < -0.3 is 14.5 Å². The standard InChI is InChI=1S/C23H30N2O5/c1-5-6-13-29-21-19-11-10-18(25(27)28)15-20(19)24-23(26)22(21)30-14-12-17(4)9-7-8-16(2)3/h8,10-12,15H,5-7,9,13-14H2,1-4H3,(H,24,26)/b17-12+. The van der Waals surface area contributed by atoms with Gasteiger partial charge in [-0.05, 0) is 52.2 Å². The topological polar surface area (TPSA) is 94.5 Å². The number of nitro groups is 1. The number of H-pyrrole nitrogens is 1. The number of pyridine rings is 1. The number of fused-ring (bicyclic) bond motifs is 1. The van der Waals surface area contributed by atoms with Gasteiger partial charge in [-0.25, -0.2) is 0 Å². The second kappa shape index (κ2) is 11.2. The zero-order chi connectivity index (χ0) is 22.1. The summed E-state index contributed by atoms with van der Waals surface area (Å²) in [7, 11) is 0. The number of ether oxygens (including phenoxy) is 2. The van der Waals surface area contributed by atoms with Crippen LogP contribution in [0.2, 0.25) is 0 Å². The van der Waals surface area contributed by atoms with E-state index in [1.807, 2.05) is 19.9 Å². The smallest absolute Gasteiger partial charge is 0.294 e. The number of rotatable bonds is 11. The van der Waals surface area contributed by atoms with Crippen molar-refractivity contribution in [1.29, 1.82) is 0 Å². The Kier molecular flexibility index (Phi) is 8.65. The summed E-state index contributed by atoms with van der Waals surface area (Å²) in [5.74, 6) is 0.425. The molecule has 0 atom stereocenters. The van der Waals surface area contributed by atoms with Crippen molar-refractivity contribution in [2.45, 2.75) is 53.4 Å². The van der Waals surface area contributed by atoms with Crippen LogP contribution in [0.25, 0.3) is 10.9 Å². The number of hydrogen-bond donors (Lipinski definition) is 1. The molecule has 1 aromatic heterocycles. The Bertz CT molecular complexity index is 1000. The van der Waals surface area contributed by atoms with Crippen molar-refractivity contribution < 1.29 is 14.4 Å². The average molecular weight is 415 g/mol. The van der Waals surface area contributed by atoms with Gasteiger partial charge in [-0.15, -0.1) is 0 Å². The van der Waals surface area contributed by atoms with Crippen molar-refractivity contribution in [3.05, 3.63) is 62.0 Å². The van der Waals surface area contributed by atoms with Crippen LogP contribution in [0.4, 0.5) is 5.69 Å². The number of aromatic amines is 1. The van der Waals surface area contributed by atoms with Gasteiger partial charge in [-0.1, -0.05) is 30.6 Å². The van der Waals surface area contributed by atoms with E-state index in [2.05, 4.69) is 24.9 Å². The van der Waals surface area contributed by atoms with Crippen LogP contribution in [0.3, 0.4) is 0 Å². The Balaban J connectivity index is 2.30. The number of hydrogen-bond acceptors (Lipinski definition) is 5. The van der Waals surface area contributed by atoms with Crippen molar-refractivity contribution in [3.63, 3.8) is 0 Å². The molecule has 7 heteroatoms. The first-order valence-electron chi connectivity index (χ1n) is 10.2. The minimum Gasteiger partial charge on any atom is -0.489 e. The third kappa shape index (κ3) is 6.47.